The predicted octanol–water partition coefficient (Wildman–Crippen LogP) is 5.94. The van der Waals surface area contributed by atoms with Crippen LogP contribution in [0.1, 0.15) is 0 Å². The maximum atomic E-state index is 13.0. The Morgan fingerprint density at radius 3 is 2.39 bits per heavy atom. The number of nitrogens with one attached hydrogen (secondary N) is 1. The Balaban J connectivity index is 1.95. The molecule has 0 radical (unpaired) electrons. The van der Waals surface area contributed by atoms with Gasteiger partial charge in [-0.05, 0) is 65.1 Å². The summed E-state index contributed by atoms with van der Waals surface area (Å²) in [6, 6.07) is 13.1. The zero-order valence-electron chi connectivity index (χ0n) is 11.5. The van der Waals surface area contributed by atoms with Crippen molar-refractivity contribution in [3.05, 3.63) is 68.1 Å². The number of nitrogens with zero attached hydrogens (tertiary/aromatic N) is 2. The minimum absolute atomic E-state index is 0.281. The Hall–Kier alpha value is -1.44. The van der Waals surface area contributed by atoms with E-state index < -0.39 is 0 Å². The lowest BCUT2D eigenvalue weighted by molar-refractivity contribution is 0.628. The van der Waals surface area contributed by atoms with E-state index in [4.69, 9.17) is 23.2 Å². The third kappa shape index (κ3) is 4.10. The number of halogens is 4. The molecule has 0 atom stereocenters. The Labute approximate surface area is 156 Å². The van der Waals surface area contributed by atoms with E-state index in [-0.39, 0.29) is 11.0 Å². The van der Waals surface area contributed by atoms with E-state index in [1.807, 2.05) is 18.2 Å². The van der Waals surface area contributed by atoms with Crippen LogP contribution in [0.3, 0.4) is 0 Å². The molecular weight excluding hydrogens is 451 g/mol. The molecular formula is C16H9Cl2FIN3. The first-order valence-electron chi connectivity index (χ1n) is 6.54. The van der Waals surface area contributed by atoms with E-state index in [1.54, 1.807) is 18.2 Å². The van der Waals surface area contributed by atoms with Crippen molar-refractivity contribution >= 4 is 57.3 Å². The third-order valence-corrected chi connectivity index (χ3v) is 4.17. The summed E-state index contributed by atoms with van der Waals surface area (Å²) >= 11 is 14.5. The minimum Gasteiger partial charge on any atom is -0.339 e. The number of aromatic nitrogens is 2. The van der Waals surface area contributed by atoms with Crippen LogP contribution in [-0.4, -0.2) is 9.97 Å². The van der Waals surface area contributed by atoms with Crippen molar-refractivity contribution in [3.8, 4) is 11.4 Å². The Bertz CT molecular complexity index is 856. The zero-order chi connectivity index (χ0) is 16.4. The first kappa shape index (κ1) is 16.4. The van der Waals surface area contributed by atoms with E-state index >= 15 is 0 Å². The number of anilines is 2. The summed E-state index contributed by atoms with van der Waals surface area (Å²) in [5.41, 5.74) is 1.39. The summed E-state index contributed by atoms with van der Waals surface area (Å²) in [5.74, 6) is 0.592. The molecule has 1 N–H and O–H groups in total. The van der Waals surface area contributed by atoms with Gasteiger partial charge in [-0.3, -0.25) is 0 Å². The van der Waals surface area contributed by atoms with Gasteiger partial charge in [-0.25, -0.2) is 14.4 Å². The van der Waals surface area contributed by atoms with Crippen molar-refractivity contribution in [3.63, 3.8) is 0 Å². The Kier molecular flexibility index (Phi) is 4.99. The molecule has 0 aliphatic heterocycles. The standard InChI is InChI=1S/C16H9Cl2FIN3/c17-12-7-11(20)5-6-13(12)21-15-8-14(18)22-16(23-15)9-1-3-10(19)4-2-9/h1-8H,(H,21,22,23). The lowest BCUT2D eigenvalue weighted by Gasteiger charge is -2.10. The maximum absolute atomic E-state index is 13.0. The molecule has 0 amide bonds. The first-order chi connectivity index (χ1) is 11.0. The van der Waals surface area contributed by atoms with Gasteiger partial charge in [-0.1, -0.05) is 23.2 Å². The molecule has 23 heavy (non-hydrogen) atoms. The number of hydrogen-bond acceptors (Lipinski definition) is 3. The van der Waals surface area contributed by atoms with Gasteiger partial charge >= 0.3 is 0 Å². The van der Waals surface area contributed by atoms with Crippen LogP contribution in [0.5, 0.6) is 0 Å². The van der Waals surface area contributed by atoms with Gasteiger partial charge in [-0.15, -0.1) is 0 Å². The van der Waals surface area contributed by atoms with Gasteiger partial charge in [0.15, 0.2) is 5.82 Å². The SMILES string of the molecule is Fc1ccc(-c2nc(Cl)cc(Nc3ccc(I)cc3Cl)n2)cc1. The molecule has 3 nitrogen and oxygen atoms in total. The van der Waals surface area contributed by atoms with Gasteiger partial charge in [0.2, 0.25) is 0 Å². The fourth-order valence-electron chi connectivity index (χ4n) is 1.94. The van der Waals surface area contributed by atoms with Gasteiger partial charge in [0, 0.05) is 15.2 Å². The monoisotopic (exact) mass is 459 g/mol. The highest BCUT2D eigenvalue weighted by Crippen LogP contribution is 2.28. The molecule has 7 heteroatoms. The zero-order valence-corrected chi connectivity index (χ0v) is 15.2. The van der Waals surface area contributed by atoms with Crippen molar-refractivity contribution in [2.45, 2.75) is 0 Å². The average Bonchev–Trinajstić information content (AvgIpc) is 2.50. The predicted molar refractivity (Wildman–Crippen MR) is 99.9 cm³/mol. The van der Waals surface area contributed by atoms with Crippen molar-refractivity contribution in [1.29, 1.82) is 0 Å². The van der Waals surface area contributed by atoms with Crippen LogP contribution in [0.25, 0.3) is 11.4 Å². The fraction of sp³-hybridized carbons (Fsp3) is 0. The van der Waals surface area contributed by atoms with Crippen LogP contribution < -0.4 is 5.32 Å². The van der Waals surface area contributed by atoms with Crippen LogP contribution >= 0.6 is 45.8 Å². The summed E-state index contributed by atoms with van der Waals surface area (Å²) in [6.45, 7) is 0. The molecule has 3 aromatic rings. The third-order valence-electron chi connectivity index (χ3n) is 2.99. The van der Waals surface area contributed by atoms with E-state index in [0.717, 1.165) is 3.57 Å². The molecule has 2 aromatic carbocycles. The summed E-state index contributed by atoms with van der Waals surface area (Å²) in [7, 11) is 0. The topological polar surface area (TPSA) is 37.8 Å². The van der Waals surface area contributed by atoms with Crippen LogP contribution in [0, 0.1) is 9.39 Å². The smallest absolute Gasteiger partial charge is 0.163 e. The maximum Gasteiger partial charge on any atom is 0.163 e. The molecule has 1 heterocycles. The highest BCUT2D eigenvalue weighted by Gasteiger charge is 2.08. The van der Waals surface area contributed by atoms with Crippen molar-refractivity contribution in [2.75, 3.05) is 5.32 Å². The lowest BCUT2D eigenvalue weighted by atomic mass is 10.2. The Morgan fingerprint density at radius 2 is 1.70 bits per heavy atom. The van der Waals surface area contributed by atoms with Gasteiger partial charge in [0.1, 0.15) is 16.8 Å². The van der Waals surface area contributed by atoms with Crippen LogP contribution in [-0.2, 0) is 0 Å². The fourth-order valence-corrected chi connectivity index (χ4v) is 3.03. The van der Waals surface area contributed by atoms with Crippen LogP contribution in [0.15, 0.2) is 48.5 Å². The highest BCUT2D eigenvalue weighted by molar-refractivity contribution is 14.1. The van der Waals surface area contributed by atoms with E-state index in [0.29, 0.717) is 27.9 Å². The second-order valence-corrected chi connectivity index (χ2v) is 6.70. The summed E-state index contributed by atoms with van der Waals surface area (Å²) in [4.78, 5) is 8.57. The van der Waals surface area contributed by atoms with Crippen LogP contribution in [0.4, 0.5) is 15.9 Å². The Morgan fingerprint density at radius 1 is 0.957 bits per heavy atom. The largest absolute Gasteiger partial charge is 0.339 e. The van der Waals surface area contributed by atoms with Crippen molar-refractivity contribution < 1.29 is 4.39 Å². The molecule has 3 rings (SSSR count). The highest BCUT2D eigenvalue weighted by atomic mass is 127. The second kappa shape index (κ2) is 6.98. The molecule has 1 aromatic heterocycles. The molecule has 0 spiro atoms. The summed E-state index contributed by atoms with van der Waals surface area (Å²) in [6.07, 6.45) is 0. The van der Waals surface area contributed by atoms with Gasteiger partial charge in [-0.2, -0.15) is 0 Å². The van der Waals surface area contributed by atoms with E-state index in [9.17, 15) is 4.39 Å². The molecule has 0 bridgehead atoms. The average molecular weight is 460 g/mol. The number of benzene rings is 2. The second-order valence-electron chi connectivity index (χ2n) is 4.66. The van der Waals surface area contributed by atoms with Gasteiger partial charge in [0.05, 0.1) is 10.7 Å². The molecule has 0 aliphatic carbocycles. The molecule has 116 valence electrons. The van der Waals surface area contributed by atoms with Gasteiger partial charge < -0.3 is 5.32 Å². The van der Waals surface area contributed by atoms with E-state index in [1.165, 1.54) is 12.1 Å². The van der Waals surface area contributed by atoms with Crippen molar-refractivity contribution in [1.82, 2.24) is 9.97 Å². The normalized spacial score (nSPS) is 10.6. The lowest BCUT2D eigenvalue weighted by Crippen LogP contribution is -1.98. The summed E-state index contributed by atoms with van der Waals surface area (Å²) in [5, 5.41) is 3.98. The molecule has 0 aliphatic rings. The van der Waals surface area contributed by atoms with Crippen LogP contribution in [0.2, 0.25) is 10.2 Å². The van der Waals surface area contributed by atoms with E-state index in [2.05, 4.69) is 37.9 Å². The number of hydrogen-bond donors (Lipinski definition) is 1. The molecule has 0 saturated carbocycles. The molecule has 0 fully saturated rings. The first-order valence-corrected chi connectivity index (χ1v) is 8.37. The summed E-state index contributed by atoms with van der Waals surface area (Å²) < 4.78 is 14.1. The quantitative estimate of drug-likeness (QED) is 0.389. The van der Waals surface area contributed by atoms with Gasteiger partial charge in [0.25, 0.3) is 0 Å². The molecule has 0 unspecified atom stereocenters. The molecule has 0 saturated heterocycles. The minimum atomic E-state index is -0.320. The number of rotatable bonds is 3. The van der Waals surface area contributed by atoms with Crippen molar-refractivity contribution in [2.24, 2.45) is 0 Å².